The molecular weight excluding hydrogens is 297 g/mol. The van der Waals surface area contributed by atoms with Crippen LogP contribution in [0.25, 0.3) is 0 Å². The first-order valence-electron chi connectivity index (χ1n) is 4.75. The molecule has 0 heterocycles. The SMILES string of the molecule is N=C(/C=C(\[NH2+]c1ccccc1)C(F)(F)F)CBr. The van der Waals surface area contributed by atoms with Crippen LogP contribution in [0.15, 0.2) is 42.1 Å². The Labute approximate surface area is 105 Å². The predicted octanol–water partition coefficient (Wildman–Crippen LogP) is 2.74. The van der Waals surface area contributed by atoms with Gasteiger partial charge in [0.15, 0.2) is 0 Å². The number of quaternary nitrogens is 1. The van der Waals surface area contributed by atoms with E-state index in [0.29, 0.717) is 5.69 Å². The molecule has 2 nitrogen and oxygen atoms in total. The molecule has 92 valence electrons. The smallest absolute Gasteiger partial charge is 0.304 e. The van der Waals surface area contributed by atoms with Gasteiger partial charge in [-0.15, -0.1) is 0 Å². The molecule has 3 N–H and O–H groups in total. The fourth-order valence-corrected chi connectivity index (χ4v) is 1.32. The lowest BCUT2D eigenvalue weighted by atomic mass is 10.2. The molecule has 0 aliphatic heterocycles. The Bertz CT molecular complexity index is 412. The Hall–Kier alpha value is -1.14. The molecule has 0 saturated heterocycles. The Balaban J connectivity index is 2.94. The van der Waals surface area contributed by atoms with Gasteiger partial charge in [0, 0.05) is 17.1 Å². The van der Waals surface area contributed by atoms with E-state index >= 15 is 0 Å². The molecule has 0 spiro atoms. The zero-order chi connectivity index (χ0) is 12.9. The molecule has 6 heteroatoms. The van der Waals surface area contributed by atoms with Gasteiger partial charge in [-0.05, 0) is 12.1 Å². The van der Waals surface area contributed by atoms with E-state index in [0.717, 1.165) is 11.4 Å². The number of nitrogens with two attached hydrogens (primary N) is 1. The summed E-state index contributed by atoms with van der Waals surface area (Å²) in [6, 6.07) is 8.22. The van der Waals surface area contributed by atoms with Crippen molar-refractivity contribution < 1.29 is 18.5 Å². The van der Waals surface area contributed by atoms with Crippen LogP contribution in [0.3, 0.4) is 0 Å². The number of hydrogen-bond acceptors (Lipinski definition) is 1. The Morgan fingerprint density at radius 2 is 1.88 bits per heavy atom. The second-order valence-corrected chi connectivity index (χ2v) is 3.87. The highest BCUT2D eigenvalue weighted by Gasteiger charge is 2.38. The minimum atomic E-state index is -4.45. The summed E-state index contributed by atoms with van der Waals surface area (Å²) in [7, 11) is 0. The summed E-state index contributed by atoms with van der Waals surface area (Å²) < 4.78 is 38.1. The van der Waals surface area contributed by atoms with E-state index in [1.165, 1.54) is 0 Å². The van der Waals surface area contributed by atoms with Gasteiger partial charge in [0.05, 0.1) is 0 Å². The van der Waals surface area contributed by atoms with Gasteiger partial charge in [-0.25, -0.2) is 0 Å². The summed E-state index contributed by atoms with van der Waals surface area (Å²) in [4.78, 5) is 0. The van der Waals surface area contributed by atoms with Crippen LogP contribution in [0.1, 0.15) is 0 Å². The van der Waals surface area contributed by atoms with Crippen LogP contribution in [-0.4, -0.2) is 17.2 Å². The second-order valence-electron chi connectivity index (χ2n) is 3.31. The van der Waals surface area contributed by atoms with E-state index in [1.54, 1.807) is 30.3 Å². The van der Waals surface area contributed by atoms with Gasteiger partial charge in [-0.3, -0.25) is 5.32 Å². The van der Waals surface area contributed by atoms with Crippen molar-refractivity contribution in [2.45, 2.75) is 6.18 Å². The van der Waals surface area contributed by atoms with Crippen LogP contribution >= 0.6 is 15.9 Å². The normalized spacial score (nSPS) is 12.6. The first-order valence-corrected chi connectivity index (χ1v) is 5.87. The van der Waals surface area contributed by atoms with Gasteiger partial charge in [0.1, 0.15) is 5.69 Å². The summed E-state index contributed by atoms with van der Waals surface area (Å²) in [5.41, 5.74) is -0.490. The van der Waals surface area contributed by atoms with Gasteiger partial charge < -0.3 is 5.41 Å². The van der Waals surface area contributed by atoms with Crippen LogP contribution in [0.5, 0.6) is 0 Å². The number of halogens is 4. The minimum Gasteiger partial charge on any atom is -0.304 e. The molecule has 0 aromatic heterocycles. The molecule has 0 radical (unpaired) electrons. The topological polar surface area (TPSA) is 40.5 Å². The maximum absolute atomic E-state index is 12.7. The zero-order valence-electron chi connectivity index (χ0n) is 8.76. The molecule has 1 aromatic rings. The minimum absolute atomic E-state index is 0.0925. The average molecular weight is 308 g/mol. The number of rotatable bonds is 4. The maximum Gasteiger partial charge on any atom is 0.467 e. The number of alkyl halides is 4. The summed E-state index contributed by atoms with van der Waals surface area (Å²) in [6.45, 7) is 0. The van der Waals surface area contributed by atoms with Crippen LogP contribution in [0.2, 0.25) is 0 Å². The number of para-hydroxylation sites is 1. The fourth-order valence-electron chi connectivity index (χ4n) is 1.16. The van der Waals surface area contributed by atoms with E-state index in [1.807, 2.05) is 0 Å². The van der Waals surface area contributed by atoms with Crippen molar-refractivity contribution in [2.24, 2.45) is 0 Å². The van der Waals surface area contributed by atoms with Crippen molar-refractivity contribution in [1.29, 1.82) is 5.41 Å². The molecule has 0 unspecified atom stereocenters. The maximum atomic E-state index is 12.7. The largest absolute Gasteiger partial charge is 0.467 e. The van der Waals surface area contributed by atoms with E-state index in [9.17, 15) is 13.2 Å². The molecule has 0 saturated carbocycles. The number of hydrogen-bond donors (Lipinski definition) is 2. The van der Waals surface area contributed by atoms with Crippen molar-refractivity contribution in [2.75, 3.05) is 5.33 Å². The lowest BCUT2D eigenvalue weighted by Gasteiger charge is -2.09. The highest BCUT2D eigenvalue weighted by molar-refractivity contribution is 9.09. The summed E-state index contributed by atoms with van der Waals surface area (Å²) >= 11 is 2.95. The number of benzene rings is 1. The average Bonchev–Trinajstić information content (AvgIpc) is 2.28. The summed E-state index contributed by atoms with van der Waals surface area (Å²) in [6.07, 6.45) is -3.63. The second kappa shape index (κ2) is 5.97. The molecule has 0 atom stereocenters. The van der Waals surface area contributed by atoms with E-state index < -0.39 is 11.9 Å². The Morgan fingerprint density at radius 1 is 1.29 bits per heavy atom. The Kier molecular flexibility index (Phi) is 4.89. The molecule has 0 aliphatic carbocycles. The molecular formula is C11H11BrF3N2+. The van der Waals surface area contributed by atoms with Crippen molar-refractivity contribution in [3.63, 3.8) is 0 Å². The lowest BCUT2D eigenvalue weighted by molar-refractivity contribution is -0.543. The standard InChI is InChI=1S/C11H10BrF3N2/c12-7-8(16)6-10(11(13,14)15)17-9-4-2-1-3-5-9/h1-6,16-17H,7H2/p+1/b10-6-,16-8?. The number of nitrogens with one attached hydrogen (secondary N) is 1. The molecule has 1 aromatic carbocycles. The molecule has 1 rings (SSSR count). The van der Waals surface area contributed by atoms with Crippen LogP contribution in [-0.2, 0) is 0 Å². The summed E-state index contributed by atoms with van der Waals surface area (Å²) in [5.74, 6) is 0. The van der Waals surface area contributed by atoms with Gasteiger partial charge >= 0.3 is 6.18 Å². The van der Waals surface area contributed by atoms with Crippen molar-refractivity contribution in [1.82, 2.24) is 0 Å². The third-order valence-electron chi connectivity index (χ3n) is 1.92. The molecule has 0 aliphatic rings. The molecule has 0 amide bonds. The highest BCUT2D eigenvalue weighted by atomic mass is 79.9. The van der Waals surface area contributed by atoms with Crippen molar-refractivity contribution >= 4 is 27.3 Å². The molecule has 0 bridgehead atoms. The molecule has 0 fully saturated rings. The molecule has 17 heavy (non-hydrogen) atoms. The lowest BCUT2D eigenvalue weighted by Crippen LogP contribution is -2.78. The van der Waals surface area contributed by atoms with Gasteiger partial charge in [-0.1, -0.05) is 34.1 Å². The van der Waals surface area contributed by atoms with E-state index in [4.69, 9.17) is 5.41 Å². The number of allylic oxidation sites excluding steroid dienone is 2. The third kappa shape index (κ3) is 4.70. The van der Waals surface area contributed by atoms with E-state index in [2.05, 4.69) is 15.9 Å². The first kappa shape index (κ1) is 13.9. The van der Waals surface area contributed by atoms with Crippen LogP contribution in [0, 0.1) is 5.41 Å². The quantitative estimate of drug-likeness (QED) is 0.488. The monoisotopic (exact) mass is 307 g/mol. The Morgan fingerprint density at radius 3 is 2.35 bits per heavy atom. The first-order chi connectivity index (χ1) is 7.93. The fraction of sp³-hybridized carbons (Fsp3) is 0.182. The summed E-state index contributed by atoms with van der Waals surface area (Å²) in [5, 5.41) is 8.39. The van der Waals surface area contributed by atoms with Crippen LogP contribution in [0.4, 0.5) is 18.9 Å². The van der Waals surface area contributed by atoms with Gasteiger partial charge in [0.25, 0.3) is 0 Å². The van der Waals surface area contributed by atoms with E-state index in [-0.39, 0.29) is 11.0 Å². The van der Waals surface area contributed by atoms with Crippen molar-refractivity contribution in [3.8, 4) is 0 Å². The predicted molar refractivity (Wildman–Crippen MR) is 63.7 cm³/mol. The third-order valence-corrected chi connectivity index (χ3v) is 2.53. The van der Waals surface area contributed by atoms with Gasteiger partial charge in [0.2, 0.25) is 5.70 Å². The highest BCUT2D eigenvalue weighted by Crippen LogP contribution is 2.21. The van der Waals surface area contributed by atoms with Gasteiger partial charge in [-0.2, -0.15) is 13.2 Å². The van der Waals surface area contributed by atoms with Crippen molar-refractivity contribution in [3.05, 3.63) is 42.1 Å². The van der Waals surface area contributed by atoms with Crippen LogP contribution < -0.4 is 5.32 Å². The zero-order valence-corrected chi connectivity index (χ0v) is 10.3.